The first-order chi connectivity index (χ1) is 8.86. The summed E-state index contributed by atoms with van der Waals surface area (Å²) in [5.41, 5.74) is 5.43. The van der Waals surface area contributed by atoms with Crippen molar-refractivity contribution in [1.29, 1.82) is 0 Å². The van der Waals surface area contributed by atoms with Crippen LogP contribution in [-0.4, -0.2) is 35.6 Å². The van der Waals surface area contributed by atoms with Crippen LogP contribution in [-0.2, 0) is 6.42 Å². The SMILES string of the molecule is CC(Cc1cccs1)N(C)CCC(C)(C)C(N)=NO. The molecule has 0 spiro atoms. The number of amidine groups is 1. The zero-order valence-electron chi connectivity index (χ0n) is 12.3. The van der Waals surface area contributed by atoms with E-state index in [0.29, 0.717) is 11.9 Å². The van der Waals surface area contributed by atoms with E-state index in [0.717, 1.165) is 19.4 Å². The number of rotatable bonds is 7. The third kappa shape index (κ3) is 4.84. The van der Waals surface area contributed by atoms with Crippen LogP contribution in [0.15, 0.2) is 22.7 Å². The fourth-order valence-electron chi connectivity index (χ4n) is 1.82. The number of likely N-dealkylation sites (N-methyl/N-ethyl adjacent to an activating group) is 1. The topological polar surface area (TPSA) is 61.8 Å². The van der Waals surface area contributed by atoms with Crippen molar-refractivity contribution in [2.24, 2.45) is 16.3 Å². The first kappa shape index (κ1) is 16.0. The predicted molar refractivity (Wildman–Crippen MR) is 81.9 cm³/mol. The lowest BCUT2D eigenvalue weighted by atomic mass is 9.87. The van der Waals surface area contributed by atoms with Crippen LogP contribution in [0.2, 0.25) is 0 Å². The van der Waals surface area contributed by atoms with Gasteiger partial charge >= 0.3 is 0 Å². The number of hydrogen-bond acceptors (Lipinski definition) is 4. The van der Waals surface area contributed by atoms with E-state index in [-0.39, 0.29) is 5.41 Å². The van der Waals surface area contributed by atoms with Gasteiger partial charge in [0.2, 0.25) is 0 Å². The van der Waals surface area contributed by atoms with Crippen molar-refractivity contribution >= 4 is 17.2 Å². The Hall–Kier alpha value is -1.07. The van der Waals surface area contributed by atoms with Gasteiger partial charge in [-0.1, -0.05) is 25.1 Å². The van der Waals surface area contributed by atoms with Crippen LogP contribution in [0.25, 0.3) is 0 Å². The molecular formula is C14H25N3OS. The number of nitrogens with two attached hydrogens (primary N) is 1. The lowest BCUT2D eigenvalue weighted by molar-refractivity contribution is 0.228. The third-order valence-electron chi connectivity index (χ3n) is 3.72. The molecule has 0 radical (unpaired) electrons. The fourth-order valence-corrected chi connectivity index (χ4v) is 2.64. The minimum absolute atomic E-state index is 0.272. The Kier molecular flexibility index (Phi) is 5.82. The molecule has 0 aliphatic rings. The molecule has 0 fully saturated rings. The molecule has 1 atom stereocenters. The number of nitrogens with zero attached hydrogens (tertiary/aromatic N) is 2. The largest absolute Gasteiger partial charge is 0.409 e. The molecule has 1 aromatic heterocycles. The molecule has 0 amide bonds. The highest BCUT2D eigenvalue weighted by molar-refractivity contribution is 7.09. The van der Waals surface area contributed by atoms with E-state index < -0.39 is 0 Å². The number of oxime groups is 1. The molecule has 0 aromatic carbocycles. The Morgan fingerprint density at radius 3 is 2.79 bits per heavy atom. The van der Waals surface area contributed by atoms with Crippen LogP contribution in [0.5, 0.6) is 0 Å². The van der Waals surface area contributed by atoms with Crippen LogP contribution >= 0.6 is 11.3 Å². The highest BCUT2D eigenvalue weighted by Crippen LogP contribution is 2.21. The molecule has 0 bridgehead atoms. The third-order valence-corrected chi connectivity index (χ3v) is 4.62. The van der Waals surface area contributed by atoms with E-state index in [1.165, 1.54) is 4.88 Å². The Bertz CT molecular complexity index is 401. The minimum atomic E-state index is -0.272. The smallest absolute Gasteiger partial charge is 0.144 e. The minimum Gasteiger partial charge on any atom is -0.409 e. The number of hydrogen-bond donors (Lipinski definition) is 2. The van der Waals surface area contributed by atoms with Crippen molar-refractivity contribution in [1.82, 2.24) is 4.90 Å². The van der Waals surface area contributed by atoms with Gasteiger partial charge in [0.25, 0.3) is 0 Å². The molecule has 1 unspecified atom stereocenters. The summed E-state index contributed by atoms with van der Waals surface area (Å²) in [5, 5.41) is 14.0. The van der Waals surface area contributed by atoms with E-state index >= 15 is 0 Å². The normalized spacial score (nSPS) is 14.9. The Morgan fingerprint density at radius 2 is 2.26 bits per heavy atom. The van der Waals surface area contributed by atoms with Gasteiger partial charge in [-0.25, -0.2) is 0 Å². The summed E-state index contributed by atoms with van der Waals surface area (Å²) in [4.78, 5) is 3.74. The lowest BCUT2D eigenvalue weighted by Gasteiger charge is -2.29. The molecule has 1 rings (SSSR count). The maximum atomic E-state index is 8.77. The van der Waals surface area contributed by atoms with Crippen molar-refractivity contribution in [2.75, 3.05) is 13.6 Å². The Balaban J connectivity index is 2.44. The molecule has 4 nitrogen and oxygen atoms in total. The monoisotopic (exact) mass is 283 g/mol. The maximum Gasteiger partial charge on any atom is 0.144 e. The van der Waals surface area contributed by atoms with E-state index in [9.17, 15) is 0 Å². The molecule has 19 heavy (non-hydrogen) atoms. The molecule has 3 N–H and O–H groups in total. The standard InChI is InChI=1S/C14H25N3OS/c1-11(10-12-6-5-9-19-12)17(4)8-7-14(2,3)13(15)16-18/h5-6,9,11,18H,7-8,10H2,1-4H3,(H2,15,16). The molecule has 1 aromatic rings. The average Bonchev–Trinajstić information content (AvgIpc) is 2.87. The van der Waals surface area contributed by atoms with Gasteiger partial charge in [-0.2, -0.15) is 0 Å². The molecule has 0 saturated heterocycles. The van der Waals surface area contributed by atoms with Crippen LogP contribution in [0.3, 0.4) is 0 Å². The molecular weight excluding hydrogens is 258 g/mol. The van der Waals surface area contributed by atoms with Gasteiger partial charge in [-0.3, -0.25) is 0 Å². The first-order valence-electron chi connectivity index (χ1n) is 6.57. The van der Waals surface area contributed by atoms with Gasteiger partial charge in [0.1, 0.15) is 5.84 Å². The van der Waals surface area contributed by atoms with Gasteiger partial charge in [0, 0.05) is 16.3 Å². The molecule has 108 valence electrons. The second-order valence-corrected chi connectivity index (χ2v) is 6.76. The number of thiophene rings is 1. The fraction of sp³-hybridized carbons (Fsp3) is 0.643. The molecule has 0 aliphatic heterocycles. The van der Waals surface area contributed by atoms with Gasteiger partial charge in [0.15, 0.2) is 0 Å². The van der Waals surface area contributed by atoms with Crippen molar-refractivity contribution in [3.63, 3.8) is 0 Å². The van der Waals surface area contributed by atoms with Gasteiger partial charge in [0.05, 0.1) is 0 Å². The van der Waals surface area contributed by atoms with Crippen LogP contribution in [0.4, 0.5) is 0 Å². The van der Waals surface area contributed by atoms with Crippen molar-refractivity contribution in [3.05, 3.63) is 22.4 Å². The molecule has 1 heterocycles. The van der Waals surface area contributed by atoms with Gasteiger partial charge < -0.3 is 15.8 Å². The average molecular weight is 283 g/mol. The van der Waals surface area contributed by atoms with E-state index in [2.05, 4.69) is 41.5 Å². The first-order valence-corrected chi connectivity index (χ1v) is 7.45. The summed E-state index contributed by atoms with van der Waals surface area (Å²) in [5.74, 6) is 0.298. The second kappa shape index (κ2) is 6.91. The lowest BCUT2D eigenvalue weighted by Crippen LogP contribution is -2.38. The Labute approximate surface area is 119 Å². The van der Waals surface area contributed by atoms with Crippen molar-refractivity contribution < 1.29 is 5.21 Å². The van der Waals surface area contributed by atoms with Gasteiger partial charge in [-0.05, 0) is 44.8 Å². The van der Waals surface area contributed by atoms with Gasteiger partial charge in [-0.15, -0.1) is 11.3 Å². The molecule has 0 aliphatic carbocycles. The second-order valence-electron chi connectivity index (χ2n) is 5.73. The summed E-state index contributed by atoms with van der Waals surface area (Å²) in [6.45, 7) is 7.16. The van der Waals surface area contributed by atoms with Crippen molar-refractivity contribution in [2.45, 2.75) is 39.7 Å². The summed E-state index contributed by atoms with van der Waals surface area (Å²) in [6.07, 6.45) is 1.94. The van der Waals surface area contributed by atoms with E-state index in [1.807, 2.05) is 13.8 Å². The summed E-state index contributed by atoms with van der Waals surface area (Å²) < 4.78 is 0. The highest BCUT2D eigenvalue weighted by Gasteiger charge is 2.24. The molecule has 5 heteroatoms. The summed E-state index contributed by atoms with van der Waals surface area (Å²) >= 11 is 1.80. The van der Waals surface area contributed by atoms with E-state index in [4.69, 9.17) is 10.9 Å². The Morgan fingerprint density at radius 1 is 1.58 bits per heavy atom. The quantitative estimate of drug-likeness (QED) is 0.350. The summed E-state index contributed by atoms with van der Waals surface area (Å²) in [6, 6.07) is 4.76. The zero-order chi connectivity index (χ0) is 14.5. The van der Waals surface area contributed by atoms with E-state index in [1.54, 1.807) is 11.3 Å². The van der Waals surface area contributed by atoms with Crippen LogP contribution in [0.1, 0.15) is 32.1 Å². The van der Waals surface area contributed by atoms with Crippen LogP contribution in [0, 0.1) is 5.41 Å². The highest BCUT2D eigenvalue weighted by atomic mass is 32.1. The maximum absolute atomic E-state index is 8.77. The van der Waals surface area contributed by atoms with Crippen molar-refractivity contribution in [3.8, 4) is 0 Å². The predicted octanol–water partition coefficient (Wildman–Crippen LogP) is 2.77. The molecule has 0 saturated carbocycles. The van der Waals surface area contributed by atoms with Crippen LogP contribution < -0.4 is 5.73 Å². The summed E-state index contributed by atoms with van der Waals surface area (Å²) in [7, 11) is 2.13. The zero-order valence-corrected chi connectivity index (χ0v) is 13.1.